The van der Waals surface area contributed by atoms with E-state index in [0.717, 1.165) is 24.1 Å². The van der Waals surface area contributed by atoms with Gasteiger partial charge in [-0.3, -0.25) is 9.59 Å². The minimum Gasteiger partial charge on any atom is -0.459 e. The van der Waals surface area contributed by atoms with Crippen molar-refractivity contribution in [2.45, 2.75) is 26.8 Å². The number of amides is 2. The topological polar surface area (TPSA) is 84.5 Å². The number of fused-ring (bicyclic) bond motifs is 1. The lowest BCUT2D eigenvalue weighted by atomic mass is 10.2. The quantitative estimate of drug-likeness (QED) is 0.678. The maximum absolute atomic E-state index is 13.0. The van der Waals surface area contributed by atoms with Gasteiger partial charge in [-0.15, -0.1) is 0 Å². The van der Waals surface area contributed by atoms with Gasteiger partial charge in [0, 0.05) is 38.9 Å². The van der Waals surface area contributed by atoms with Crippen molar-refractivity contribution in [1.82, 2.24) is 24.3 Å². The van der Waals surface area contributed by atoms with Crippen LogP contribution in [0.3, 0.4) is 0 Å². The number of nitrogens with zero attached hydrogens (tertiary/aromatic N) is 5. The Morgan fingerprint density at radius 1 is 1.10 bits per heavy atom. The molecule has 0 atom stereocenters. The highest BCUT2D eigenvalue weighted by molar-refractivity contribution is 5.96. The van der Waals surface area contributed by atoms with E-state index in [1.807, 2.05) is 4.57 Å². The van der Waals surface area contributed by atoms with Gasteiger partial charge in [0.15, 0.2) is 11.4 Å². The van der Waals surface area contributed by atoms with Gasteiger partial charge in [-0.2, -0.15) is 0 Å². The van der Waals surface area contributed by atoms with Crippen LogP contribution in [0.5, 0.6) is 0 Å². The summed E-state index contributed by atoms with van der Waals surface area (Å²) >= 11 is 0. The largest absolute Gasteiger partial charge is 0.459 e. The highest BCUT2D eigenvalue weighted by atomic mass is 16.3. The number of carbonyl (C=O) groups is 2. The number of imidazole rings is 1. The summed E-state index contributed by atoms with van der Waals surface area (Å²) in [6, 6.07) is 5.17. The molecule has 8 nitrogen and oxygen atoms in total. The highest BCUT2D eigenvalue weighted by Gasteiger charge is 2.25. The molecule has 152 valence electrons. The Bertz CT molecular complexity index is 1010. The average Bonchev–Trinajstić information content (AvgIpc) is 3.31. The first-order valence-electron chi connectivity index (χ1n) is 9.96. The summed E-state index contributed by atoms with van der Waals surface area (Å²) in [6.07, 6.45) is 5.61. The second-order valence-electron chi connectivity index (χ2n) is 7.77. The van der Waals surface area contributed by atoms with E-state index in [9.17, 15) is 9.59 Å². The molecule has 0 N–H and O–H groups in total. The van der Waals surface area contributed by atoms with Crippen LogP contribution in [0.25, 0.3) is 11.2 Å². The molecule has 4 heterocycles. The predicted molar refractivity (Wildman–Crippen MR) is 107 cm³/mol. The van der Waals surface area contributed by atoms with Gasteiger partial charge < -0.3 is 18.8 Å². The van der Waals surface area contributed by atoms with Crippen LogP contribution in [-0.4, -0.2) is 62.3 Å². The van der Waals surface area contributed by atoms with E-state index in [1.165, 1.54) is 6.26 Å². The van der Waals surface area contributed by atoms with E-state index in [2.05, 4.69) is 23.8 Å². The molecule has 0 aromatic carbocycles. The number of furan rings is 1. The first kappa shape index (κ1) is 19.2. The first-order chi connectivity index (χ1) is 14.0. The normalized spacial score (nSPS) is 15.1. The molecule has 0 unspecified atom stereocenters. The van der Waals surface area contributed by atoms with Crippen molar-refractivity contribution in [3.8, 4) is 0 Å². The Labute approximate surface area is 169 Å². The summed E-state index contributed by atoms with van der Waals surface area (Å²) in [5.41, 5.74) is 2.04. The van der Waals surface area contributed by atoms with Crippen LogP contribution in [0, 0.1) is 5.92 Å². The van der Waals surface area contributed by atoms with Gasteiger partial charge in [0.25, 0.3) is 11.8 Å². The fraction of sp³-hybridized carbons (Fsp3) is 0.429. The smallest absolute Gasteiger partial charge is 0.289 e. The number of carbonyl (C=O) groups excluding carboxylic acids is 2. The molecular weight excluding hydrogens is 370 g/mol. The maximum Gasteiger partial charge on any atom is 0.289 e. The summed E-state index contributed by atoms with van der Waals surface area (Å²) in [7, 11) is 0. The molecule has 3 aromatic heterocycles. The summed E-state index contributed by atoms with van der Waals surface area (Å²) in [5.74, 6) is 0.601. The van der Waals surface area contributed by atoms with Gasteiger partial charge in [-0.1, -0.05) is 13.8 Å². The minimum atomic E-state index is -0.136. The molecule has 0 radical (unpaired) electrons. The fourth-order valence-electron chi connectivity index (χ4n) is 3.66. The number of hydrogen-bond acceptors (Lipinski definition) is 5. The molecule has 1 fully saturated rings. The summed E-state index contributed by atoms with van der Waals surface area (Å²) < 4.78 is 7.22. The van der Waals surface area contributed by atoms with Crippen molar-refractivity contribution < 1.29 is 14.0 Å². The molecule has 1 aliphatic rings. The zero-order valence-corrected chi connectivity index (χ0v) is 16.7. The minimum absolute atomic E-state index is 0.0786. The van der Waals surface area contributed by atoms with Gasteiger partial charge in [-0.05, 0) is 30.5 Å². The molecular formula is C21H25N5O3. The highest BCUT2D eigenvalue weighted by Crippen LogP contribution is 2.17. The molecule has 0 aliphatic carbocycles. The van der Waals surface area contributed by atoms with Crippen LogP contribution in [0.15, 0.2) is 41.4 Å². The third-order valence-corrected chi connectivity index (χ3v) is 5.07. The summed E-state index contributed by atoms with van der Waals surface area (Å²) in [4.78, 5) is 37.9. The number of pyridine rings is 1. The second kappa shape index (κ2) is 8.06. The van der Waals surface area contributed by atoms with Gasteiger partial charge >= 0.3 is 0 Å². The molecule has 4 rings (SSSR count). The van der Waals surface area contributed by atoms with Crippen molar-refractivity contribution in [3.05, 3.63) is 48.3 Å². The molecule has 1 saturated heterocycles. The number of rotatable bonds is 4. The van der Waals surface area contributed by atoms with Crippen molar-refractivity contribution in [2.24, 2.45) is 5.92 Å². The van der Waals surface area contributed by atoms with Crippen LogP contribution >= 0.6 is 0 Å². The van der Waals surface area contributed by atoms with Crippen LogP contribution in [0.2, 0.25) is 0 Å². The zero-order chi connectivity index (χ0) is 20.4. The van der Waals surface area contributed by atoms with E-state index in [0.29, 0.717) is 43.4 Å². The standard InChI is InChI=1S/C21H25N5O3/c1-15(2)13-26-14-23-17-11-16(12-22-19(17)26)20(27)24-6-4-7-25(9-8-24)21(28)18-5-3-10-29-18/h3,5,10-12,14-15H,4,6-9,13H2,1-2H3. The van der Waals surface area contributed by atoms with E-state index in [4.69, 9.17) is 4.42 Å². The van der Waals surface area contributed by atoms with E-state index < -0.39 is 0 Å². The van der Waals surface area contributed by atoms with E-state index in [1.54, 1.807) is 40.5 Å². The Hall–Kier alpha value is -3.16. The molecule has 0 spiro atoms. The Morgan fingerprint density at radius 3 is 2.55 bits per heavy atom. The Morgan fingerprint density at radius 2 is 1.86 bits per heavy atom. The van der Waals surface area contributed by atoms with Gasteiger partial charge in [0.05, 0.1) is 18.2 Å². The van der Waals surface area contributed by atoms with Crippen molar-refractivity contribution in [3.63, 3.8) is 0 Å². The Kier molecular flexibility index (Phi) is 5.33. The monoisotopic (exact) mass is 395 g/mol. The van der Waals surface area contributed by atoms with E-state index in [-0.39, 0.29) is 11.8 Å². The van der Waals surface area contributed by atoms with Crippen LogP contribution in [0.1, 0.15) is 41.2 Å². The molecule has 0 bridgehead atoms. The van der Waals surface area contributed by atoms with Crippen LogP contribution < -0.4 is 0 Å². The average molecular weight is 395 g/mol. The van der Waals surface area contributed by atoms with Gasteiger partial charge in [-0.25, -0.2) is 9.97 Å². The summed E-state index contributed by atoms with van der Waals surface area (Å²) in [6.45, 7) is 7.27. The molecule has 3 aromatic rings. The van der Waals surface area contributed by atoms with E-state index >= 15 is 0 Å². The first-order valence-corrected chi connectivity index (χ1v) is 9.96. The second-order valence-corrected chi connectivity index (χ2v) is 7.77. The van der Waals surface area contributed by atoms with Crippen molar-refractivity contribution >= 4 is 23.0 Å². The zero-order valence-electron chi connectivity index (χ0n) is 16.7. The van der Waals surface area contributed by atoms with Crippen LogP contribution in [0.4, 0.5) is 0 Å². The lowest BCUT2D eigenvalue weighted by molar-refractivity contribution is 0.0700. The molecule has 1 aliphatic heterocycles. The lowest BCUT2D eigenvalue weighted by Gasteiger charge is -2.21. The molecule has 29 heavy (non-hydrogen) atoms. The predicted octanol–water partition coefficient (Wildman–Crippen LogP) is 2.67. The number of hydrogen-bond donors (Lipinski definition) is 0. The van der Waals surface area contributed by atoms with Gasteiger partial charge in [0.2, 0.25) is 0 Å². The fourth-order valence-corrected chi connectivity index (χ4v) is 3.66. The summed E-state index contributed by atoms with van der Waals surface area (Å²) in [5, 5.41) is 0. The molecule has 8 heteroatoms. The van der Waals surface area contributed by atoms with Crippen molar-refractivity contribution in [1.29, 1.82) is 0 Å². The third-order valence-electron chi connectivity index (χ3n) is 5.07. The SMILES string of the molecule is CC(C)Cn1cnc2cc(C(=O)N3CCCN(C(=O)c4ccco4)CC3)cnc21. The third kappa shape index (κ3) is 4.01. The molecule has 0 saturated carbocycles. The Balaban J connectivity index is 1.46. The lowest BCUT2D eigenvalue weighted by Crippen LogP contribution is -2.37. The van der Waals surface area contributed by atoms with Crippen LogP contribution in [-0.2, 0) is 6.54 Å². The van der Waals surface area contributed by atoms with Crippen molar-refractivity contribution in [2.75, 3.05) is 26.2 Å². The number of aromatic nitrogens is 3. The maximum atomic E-state index is 13.0. The van der Waals surface area contributed by atoms with Gasteiger partial charge in [0.1, 0.15) is 5.52 Å². The molecule has 2 amide bonds.